The van der Waals surface area contributed by atoms with Crippen LogP contribution in [0.25, 0.3) is 5.57 Å². The van der Waals surface area contributed by atoms with Gasteiger partial charge in [0.15, 0.2) is 0 Å². The van der Waals surface area contributed by atoms with Crippen LogP contribution in [0, 0.1) is 22.7 Å². The molecule has 4 aliphatic rings. The molecule has 2 nitrogen and oxygen atoms in total. The van der Waals surface area contributed by atoms with Crippen molar-refractivity contribution in [2.75, 3.05) is 0 Å². The number of pyridine rings is 1. The van der Waals surface area contributed by atoms with E-state index in [9.17, 15) is 5.11 Å². The first-order valence-corrected chi connectivity index (χ1v) is 10.7. The van der Waals surface area contributed by atoms with E-state index in [2.05, 4.69) is 50.0 Å². The first kappa shape index (κ1) is 17.4. The monoisotopic (exact) mass is 361 g/mol. The molecule has 142 valence electrons. The number of hydrogen-bond donors (Lipinski definition) is 1. The Hall–Kier alpha value is -1.67. The highest BCUT2D eigenvalue weighted by Crippen LogP contribution is 2.65. The Balaban J connectivity index is 1.50. The molecule has 2 heteroatoms. The molecular formula is C25H31NO. The van der Waals surface area contributed by atoms with Crippen molar-refractivity contribution in [3.05, 3.63) is 59.0 Å². The van der Waals surface area contributed by atoms with Crippen molar-refractivity contribution in [1.29, 1.82) is 0 Å². The number of nitrogens with zero attached hydrogens (tertiary/aromatic N) is 1. The Kier molecular flexibility index (Phi) is 3.82. The third-order valence-electron chi connectivity index (χ3n) is 8.60. The highest BCUT2D eigenvalue weighted by Gasteiger charge is 2.55. The first-order chi connectivity index (χ1) is 12.9. The molecule has 0 spiro atoms. The first-order valence-electron chi connectivity index (χ1n) is 10.7. The highest BCUT2D eigenvalue weighted by molar-refractivity contribution is 5.78. The van der Waals surface area contributed by atoms with Crippen molar-refractivity contribution >= 4 is 5.57 Å². The maximum Gasteiger partial charge on any atom is 0.0750 e. The van der Waals surface area contributed by atoms with Gasteiger partial charge in [-0.25, -0.2) is 0 Å². The van der Waals surface area contributed by atoms with E-state index in [0.29, 0.717) is 5.92 Å². The van der Waals surface area contributed by atoms with E-state index in [-0.39, 0.29) is 16.9 Å². The molecule has 0 radical (unpaired) electrons. The molecule has 0 amide bonds. The average molecular weight is 362 g/mol. The van der Waals surface area contributed by atoms with Crippen LogP contribution in [-0.4, -0.2) is 16.2 Å². The molecule has 1 aromatic heterocycles. The van der Waals surface area contributed by atoms with Gasteiger partial charge in [0.25, 0.3) is 0 Å². The Morgan fingerprint density at radius 2 is 1.96 bits per heavy atom. The van der Waals surface area contributed by atoms with Crippen LogP contribution in [-0.2, 0) is 0 Å². The van der Waals surface area contributed by atoms with Gasteiger partial charge in [0.2, 0.25) is 0 Å². The smallest absolute Gasteiger partial charge is 0.0750 e. The van der Waals surface area contributed by atoms with E-state index in [1.807, 2.05) is 12.4 Å². The second-order valence-electron chi connectivity index (χ2n) is 9.70. The van der Waals surface area contributed by atoms with Gasteiger partial charge in [-0.2, -0.15) is 0 Å². The number of aromatic nitrogens is 1. The van der Waals surface area contributed by atoms with Crippen molar-refractivity contribution in [3.8, 4) is 0 Å². The fourth-order valence-electron chi connectivity index (χ4n) is 7.07. The Labute approximate surface area is 163 Å². The summed E-state index contributed by atoms with van der Waals surface area (Å²) in [4.78, 5) is 4.37. The molecule has 1 aromatic rings. The van der Waals surface area contributed by atoms with Gasteiger partial charge in [0, 0.05) is 17.8 Å². The lowest BCUT2D eigenvalue weighted by molar-refractivity contribution is 0.0429. The van der Waals surface area contributed by atoms with Crippen LogP contribution in [0.4, 0.5) is 0 Å². The molecule has 2 saturated carbocycles. The van der Waals surface area contributed by atoms with Crippen LogP contribution in [0.3, 0.4) is 0 Å². The Morgan fingerprint density at radius 1 is 1.11 bits per heavy atom. The predicted molar refractivity (Wildman–Crippen MR) is 110 cm³/mol. The second kappa shape index (κ2) is 5.91. The van der Waals surface area contributed by atoms with Gasteiger partial charge in [-0.1, -0.05) is 43.2 Å². The van der Waals surface area contributed by atoms with Gasteiger partial charge in [0.05, 0.1) is 6.10 Å². The summed E-state index contributed by atoms with van der Waals surface area (Å²) in [6.07, 6.45) is 15.5. The standard InChI is InChI=1S/C25H31NO/c1-16-19-7-6-18-21-9-8-20(17-5-4-14-26-15-17)25(21,3)12-10-22(18)24(19,2)13-11-23(16)27/h4-5,8-9,14-15,18,22-23,27H,6-7,10-13H2,1-3H3/t18?,22?,23?,24-,25+/m0/s1. The Bertz CT molecular complexity index is 864. The van der Waals surface area contributed by atoms with Gasteiger partial charge >= 0.3 is 0 Å². The minimum absolute atomic E-state index is 0.172. The van der Waals surface area contributed by atoms with E-state index < -0.39 is 0 Å². The molecule has 4 aliphatic carbocycles. The highest BCUT2D eigenvalue weighted by atomic mass is 16.3. The number of hydrogen-bond acceptors (Lipinski definition) is 2. The maximum atomic E-state index is 10.4. The summed E-state index contributed by atoms with van der Waals surface area (Å²) in [6.45, 7) is 7.15. The molecule has 2 fully saturated rings. The molecule has 5 rings (SSSR count). The topological polar surface area (TPSA) is 33.1 Å². The molecule has 1 heterocycles. The van der Waals surface area contributed by atoms with Crippen LogP contribution < -0.4 is 0 Å². The van der Waals surface area contributed by atoms with Crippen LogP contribution in [0.1, 0.15) is 64.9 Å². The zero-order valence-electron chi connectivity index (χ0n) is 16.8. The van der Waals surface area contributed by atoms with Gasteiger partial charge in [-0.3, -0.25) is 4.98 Å². The van der Waals surface area contributed by atoms with Crippen molar-refractivity contribution in [2.24, 2.45) is 22.7 Å². The number of fused-ring (bicyclic) bond motifs is 5. The van der Waals surface area contributed by atoms with Crippen LogP contribution in [0.2, 0.25) is 0 Å². The maximum absolute atomic E-state index is 10.4. The summed E-state index contributed by atoms with van der Waals surface area (Å²) in [5.74, 6) is 1.41. The lowest BCUT2D eigenvalue weighted by Gasteiger charge is -2.57. The van der Waals surface area contributed by atoms with E-state index >= 15 is 0 Å². The van der Waals surface area contributed by atoms with Gasteiger partial charge in [0.1, 0.15) is 0 Å². The second-order valence-corrected chi connectivity index (χ2v) is 9.70. The van der Waals surface area contributed by atoms with E-state index in [1.54, 1.807) is 11.1 Å². The quantitative estimate of drug-likeness (QED) is 0.650. The van der Waals surface area contributed by atoms with Gasteiger partial charge < -0.3 is 5.11 Å². The molecule has 3 unspecified atom stereocenters. The summed E-state index contributed by atoms with van der Waals surface area (Å²) in [5, 5.41) is 10.4. The minimum atomic E-state index is -0.206. The lowest BCUT2D eigenvalue weighted by atomic mass is 9.47. The van der Waals surface area contributed by atoms with Crippen molar-refractivity contribution in [1.82, 2.24) is 4.98 Å². The van der Waals surface area contributed by atoms with Gasteiger partial charge in [-0.05, 0) is 85.5 Å². The summed E-state index contributed by atoms with van der Waals surface area (Å²) >= 11 is 0. The van der Waals surface area contributed by atoms with E-state index in [0.717, 1.165) is 25.2 Å². The SMILES string of the molecule is CC1=C2CCC3C4=CC=C(c5cccnc5)[C@@]4(C)CCC3[C@@]2(C)CCC1O. The molecule has 5 atom stereocenters. The van der Waals surface area contributed by atoms with Crippen molar-refractivity contribution in [2.45, 2.75) is 65.4 Å². The summed E-state index contributed by atoms with van der Waals surface area (Å²) < 4.78 is 0. The number of rotatable bonds is 1. The third kappa shape index (κ3) is 2.32. The van der Waals surface area contributed by atoms with Crippen LogP contribution >= 0.6 is 0 Å². The minimum Gasteiger partial charge on any atom is -0.389 e. The number of aliphatic hydroxyl groups excluding tert-OH is 1. The average Bonchev–Trinajstić information content (AvgIpc) is 3.03. The number of aliphatic hydroxyl groups is 1. The molecule has 0 aromatic carbocycles. The Morgan fingerprint density at radius 3 is 2.74 bits per heavy atom. The summed E-state index contributed by atoms with van der Waals surface area (Å²) in [7, 11) is 0. The molecule has 0 aliphatic heterocycles. The normalized spacial score (nSPS) is 40.7. The molecule has 27 heavy (non-hydrogen) atoms. The van der Waals surface area contributed by atoms with Crippen LogP contribution in [0.5, 0.6) is 0 Å². The largest absolute Gasteiger partial charge is 0.389 e. The molecular weight excluding hydrogens is 330 g/mol. The third-order valence-corrected chi connectivity index (χ3v) is 8.60. The molecule has 0 bridgehead atoms. The number of allylic oxidation sites excluding steroid dienone is 5. The molecule has 0 saturated heterocycles. The molecule has 1 N–H and O–H groups in total. The predicted octanol–water partition coefficient (Wildman–Crippen LogP) is 5.71. The zero-order chi connectivity index (χ0) is 18.8. The fourth-order valence-corrected chi connectivity index (χ4v) is 7.07. The summed E-state index contributed by atoms with van der Waals surface area (Å²) in [6, 6.07) is 4.26. The van der Waals surface area contributed by atoms with E-state index in [4.69, 9.17) is 0 Å². The van der Waals surface area contributed by atoms with E-state index in [1.165, 1.54) is 36.0 Å². The van der Waals surface area contributed by atoms with Gasteiger partial charge in [-0.15, -0.1) is 0 Å². The zero-order valence-corrected chi connectivity index (χ0v) is 16.8. The van der Waals surface area contributed by atoms with Crippen molar-refractivity contribution < 1.29 is 5.11 Å². The van der Waals surface area contributed by atoms with Crippen molar-refractivity contribution in [3.63, 3.8) is 0 Å². The fraction of sp³-hybridized carbons (Fsp3) is 0.560. The summed E-state index contributed by atoms with van der Waals surface area (Å²) in [5.41, 5.74) is 7.74. The van der Waals surface area contributed by atoms with Crippen LogP contribution in [0.15, 0.2) is 53.4 Å². The lowest BCUT2D eigenvalue weighted by Crippen LogP contribution is -2.48.